The summed E-state index contributed by atoms with van der Waals surface area (Å²) >= 11 is 6.01. The third-order valence-corrected chi connectivity index (χ3v) is 6.87. The summed E-state index contributed by atoms with van der Waals surface area (Å²) in [4.78, 5) is 34.2. The number of rotatable bonds is 8. The van der Waals surface area contributed by atoms with Gasteiger partial charge in [0, 0.05) is 55.6 Å². The van der Waals surface area contributed by atoms with Crippen molar-refractivity contribution in [3.8, 4) is 0 Å². The summed E-state index contributed by atoms with van der Waals surface area (Å²) in [7, 11) is -3.43. The van der Waals surface area contributed by atoms with Crippen molar-refractivity contribution in [1.82, 2.24) is 15.2 Å². The van der Waals surface area contributed by atoms with E-state index < -0.39 is 16.1 Å². The average molecular weight is 542 g/mol. The normalized spacial score (nSPS) is 14.6. The number of para-hydroxylation sites is 2. The molecule has 2 aromatic carbocycles. The number of hydrogen-bond acceptors (Lipinski definition) is 6. The molecule has 37 heavy (non-hydrogen) atoms. The molecule has 1 atom stereocenters. The van der Waals surface area contributed by atoms with Crippen LogP contribution in [0.25, 0.3) is 0 Å². The number of pyridine rings is 1. The van der Waals surface area contributed by atoms with Crippen LogP contribution >= 0.6 is 11.6 Å². The molecule has 2 amide bonds. The molecule has 2 N–H and O–H groups in total. The minimum atomic E-state index is -3.43. The number of benzene rings is 2. The molecule has 1 aliphatic heterocycles. The zero-order valence-corrected chi connectivity index (χ0v) is 21.9. The second-order valence-electron chi connectivity index (χ2n) is 8.80. The number of carbonyl (C=O) groups is 2. The van der Waals surface area contributed by atoms with E-state index in [4.69, 9.17) is 11.6 Å². The van der Waals surface area contributed by atoms with Crippen molar-refractivity contribution >= 4 is 44.8 Å². The first-order valence-corrected chi connectivity index (χ1v) is 14.0. The summed E-state index contributed by atoms with van der Waals surface area (Å²) < 4.78 is 26.1. The Labute approximate surface area is 221 Å². The van der Waals surface area contributed by atoms with Gasteiger partial charge in [0.25, 0.3) is 5.91 Å². The number of amides is 2. The molecule has 1 fully saturated rings. The van der Waals surface area contributed by atoms with Crippen molar-refractivity contribution in [3.63, 3.8) is 0 Å². The molecule has 1 aliphatic rings. The van der Waals surface area contributed by atoms with Crippen LogP contribution in [-0.4, -0.2) is 68.6 Å². The molecule has 0 radical (unpaired) electrons. The molecule has 4 rings (SSSR count). The smallest absolute Gasteiger partial charge is 0.252 e. The molecule has 3 aromatic rings. The van der Waals surface area contributed by atoms with Gasteiger partial charge in [-0.1, -0.05) is 35.9 Å². The summed E-state index contributed by atoms with van der Waals surface area (Å²) in [6, 6.07) is 16.8. The Kier molecular flexibility index (Phi) is 8.30. The van der Waals surface area contributed by atoms with Crippen LogP contribution in [-0.2, 0) is 21.2 Å². The fraction of sp³-hybridized carbons (Fsp3) is 0.269. The van der Waals surface area contributed by atoms with Gasteiger partial charge < -0.3 is 15.1 Å². The minimum absolute atomic E-state index is 0.181. The van der Waals surface area contributed by atoms with Crippen LogP contribution in [0.5, 0.6) is 0 Å². The van der Waals surface area contributed by atoms with Gasteiger partial charge in [0.05, 0.1) is 17.6 Å². The third-order valence-electron chi connectivity index (χ3n) is 6.03. The predicted molar refractivity (Wildman–Crippen MR) is 144 cm³/mol. The highest BCUT2D eigenvalue weighted by atomic mass is 35.5. The maximum Gasteiger partial charge on any atom is 0.252 e. The highest BCUT2D eigenvalue weighted by molar-refractivity contribution is 7.92. The molecule has 1 aromatic heterocycles. The standard InChI is InChI=1S/C26H28ClN5O4S/c1-37(35,36)30-22-4-2-3-5-24(22)31-14-16-32(17-15-31)26(34)23(18-19-6-8-21(27)9-7-19)29-25(33)20-10-12-28-13-11-20/h2-13,23,30H,14-18H2,1H3,(H,29,33)/t23-/m1/s1. The fourth-order valence-electron chi connectivity index (χ4n) is 4.22. The molecular weight excluding hydrogens is 514 g/mol. The Hall–Kier alpha value is -3.63. The lowest BCUT2D eigenvalue weighted by Crippen LogP contribution is -2.55. The SMILES string of the molecule is CS(=O)(=O)Nc1ccccc1N1CCN(C(=O)[C@@H](Cc2ccc(Cl)cc2)NC(=O)c2ccncc2)CC1. The number of aromatic nitrogens is 1. The van der Waals surface area contributed by atoms with Crippen LogP contribution in [0, 0.1) is 0 Å². The second-order valence-corrected chi connectivity index (χ2v) is 11.0. The van der Waals surface area contributed by atoms with Gasteiger partial charge in [0.2, 0.25) is 15.9 Å². The van der Waals surface area contributed by atoms with Gasteiger partial charge in [-0.25, -0.2) is 8.42 Å². The lowest BCUT2D eigenvalue weighted by Gasteiger charge is -2.38. The van der Waals surface area contributed by atoms with Crippen molar-refractivity contribution in [2.24, 2.45) is 0 Å². The summed E-state index contributed by atoms with van der Waals surface area (Å²) in [6.45, 7) is 1.88. The minimum Gasteiger partial charge on any atom is -0.366 e. The molecule has 0 saturated carbocycles. The summed E-state index contributed by atoms with van der Waals surface area (Å²) in [6.07, 6.45) is 4.48. The predicted octanol–water partition coefficient (Wildman–Crippen LogP) is 2.80. The Balaban J connectivity index is 1.48. The van der Waals surface area contributed by atoms with Crippen LogP contribution in [0.4, 0.5) is 11.4 Å². The van der Waals surface area contributed by atoms with E-state index in [1.54, 1.807) is 41.3 Å². The number of hydrogen-bond donors (Lipinski definition) is 2. The first-order valence-electron chi connectivity index (χ1n) is 11.8. The highest BCUT2D eigenvalue weighted by Crippen LogP contribution is 2.27. The third kappa shape index (κ3) is 7.21. The largest absolute Gasteiger partial charge is 0.366 e. The fourth-order valence-corrected chi connectivity index (χ4v) is 4.92. The van der Waals surface area contributed by atoms with Crippen LogP contribution in [0.3, 0.4) is 0 Å². The molecule has 0 unspecified atom stereocenters. The van der Waals surface area contributed by atoms with E-state index in [0.29, 0.717) is 48.9 Å². The van der Waals surface area contributed by atoms with Crippen LogP contribution in [0.2, 0.25) is 5.02 Å². The number of nitrogens with one attached hydrogen (secondary N) is 2. The van der Waals surface area contributed by atoms with Gasteiger partial charge in [-0.15, -0.1) is 0 Å². The number of halogens is 1. The van der Waals surface area contributed by atoms with E-state index in [-0.39, 0.29) is 11.8 Å². The maximum atomic E-state index is 13.6. The Bertz CT molecular complexity index is 1340. The van der Waals surface area contributed by atoms with Crippen molar-refractivity contribution in [2.45, 2.75) is 12.5 Å². The Morgan fingerprint density at radius 2 is 1.62 bits per heavy atom. The zero-order valence-electron chi connectivity index (χ0n) is 20.3. The van der Waals surface area contributed by atoms with E-state index >= 15 is 0 Å². The average Bonchev–Trinajstić information content (AvgIpc) is 2.89. The summed E-state index contributed by atoms with van der Waals surface area (Å²) in [5.74, 6) is -0.534. The van der Waals surface area contributed by atoms with E-state index in [2.05, 4.69) is 15.0 Å². The number of sulfonamides is 1. The first kappa shape index (κ1) is 26.4. The van der Waals surface area contributed by atoms with E-state index in [9.17, 15) is 18.0 Å². The van der Waals surface area contributed by atoms with Gasteiger partial charge in [0.1, 0.15) is 6.04 Å². The summed E-state index contributed by atoms with van der Waals surface area (Å²) in [5.41, 5.74) is 2.54. The lowest BCUT2D eigenvalue weighted by atomic mass is 10.0. The van der Waals surface area contributed by atoms with E-state index in [0.717, 1.165) is 17.5 Å². The van der Waals surface area contributed by atoms with Gasteiger partial charge in [0.15, 0.2) is 0 Å². The molecule has 0 bridgehead atoms. The zero-order chi connectivity index (χ0) is 26.4. The molecule has 0 spiro atoms. The quantitative estimate of drug-likeness (QED) is 0.453. The van der Waals surface area contributed by atoms with Crippen LogP contribution < -0.4 is 14.9 Å². The topological polar surface area (TPSA) is 112 Å². The highest BCUT2D eigenvalue weighted by Gasteiger charge is 2.30. The van der Waals surface area contributed by atoms with Crippen LogP contribution in [0.15, 0.2) is 73.1 Å². The molecule has 9 nitrogen and oxygen atoms in total. The van der Waals surface area contributed by atoms with Crippen LogP contribution in [0.1, 0.15) is 15.9 Å². The van der Waals surface area contributed by atoms with E-state index in [1.807, 2.05) is 29.2 Å². The number of piperazine rings is 1. The van der Waals surface area contributed by atoms with Gasteiger partial charge >= 0.3 is 0 Å². The molecule has 1 saturated heterocycles. The lowest BCUT2D eigenvalue weighted by molar-refractivity contribution is -0.133. The second kappa shape index (κ2) is 11.6. The molecule has 2 heterocycles. The van der Waals surface area contributed by atoms with Gasteiger partial charge in [-0.3, -0.25) is 19.3 Å². The van der Waals surface area contributed by atoms with Gasteiger partial charge in [-0.05, 0) is 42.0 Å². The van der Waals surface area contributed by atoms with Crippen molar-refractivity contribution in [1.29, 1.82) is 0 Å². The van der Waals surface area contributed by atoms with Crippen molar-refractivity contribution in [3.05, 3.63) is 89.2 Å². The number of nitrogens with zero attached hydrogens (tertiary/aromatic N) is 3. The number of carbonyl (C=O) groups excluding carboxylic acids is 2. The Morgan fingerprint density at radius 3 is 2.27 bits per heavy atom. The number of anilines is 2. The van der Waals surface area contributed by atoms with Crippen molar-refractivity contribution < 1.29 is 18.0 Å². The monoisotopic (exact) mass is 541 g/mol. The molecule has 11 heteroatoms. The first-order chi connectivity index (χ1) is 17.7. The van der Waals surface area contributed by atoms with E-state index in [1.165, 1.54) is 12.4 Å². The van der Waals surface area contributed by atoms with Gasteiger partial charge in [-0.2, -0.15) is 0 Å². The Morgan fingerprint density at radius 1 is 0.973 bits per heavy atom. The maximum absolute atomic E-state index is 13.6. The molecule has 194 valence electrons. The molecule has 0 aliphatic carbocycles. The van der Waals surface area contributed by atoms with Crippen molar-refractivity contribution in [2.75, 3.05) is 42.1 Å². The molecular formula is C26H28ClN5O4S. The summed E-state index contributed by atoms with van der Waals surface area (Å²) in [5, 5.41) is 3.48.